The number of rotatable bonds is 3. The van der Waals surface area contributed by atoms with E-state index in [0.29, 0.717) is 12.1 Å². The van der Waals surface area contributed by atoms with Crippen LogP contribution < -0.4 is 10.5 Å². The molecule has 1 aliphatic heterocycles. The van der Waals surface area contributed by atoms with Gasteiger partial charge in [-0.15, -0.1) is 0 Å². The summed E-state index contributed by atoms with van der Waals surface area (Å²) in [5.41, 5.74) is 1.41. The van der Waals surface area contributed by atoms with Crippen molar-refractivity contribution in [1.82, 2.24) is 0 Å². The maximum absolute atomic E-state index is 11.2. The molecule has 19 heavy (non-hydrogen) atoms. The van der Waals surface area contributed by atoms with Gasteiger partial charge in [0.2, 0.25) is 10.0 Å². The number of carbonyl (C=O) groups excluding carboxylic acids is 1. The summed E-state index contributed by atoms with van der Waals surface area (Å²) in [5.74, 6) is -0.387. The van der Waals surface area contributed by atoms with Crippen LogP contribution >= 0.6 is 0 Å². The number of anilines is 1. The molecule has 2 rings (SSSR count). The Kier molecular flexibility index (Phi) is 3.59. The van der Waals surface area contributed by atoms with Crippen LogP contribution in [0, 0.1) is 0 Å². The molecule has 6 nitrogen and oxygen atoms in total. The van der Waals surface area contributed by atoms with E-state index in [1.165, 1.54) is 18.2 Å². The molecule has 3 N–H and O–H groups in total. The SMILES string of the molecule is CC1CC(Nc2ccc(S(N)(=O)=O)cc2)=CC(=O)O1. The van der Waals surface area contributed by atoms with Crippen LogP contribution in [-0.2, 0) is 19.6 Å². The van der Waals surface area contributed by atoms with Crippen molar-refractivity contribution < 1.29 is 17.9 Å². The number of hydrogen-bond donors (Lipinski definition) is 2. The van der Waals surface area contributed by atoms with Crippen molar-refractivity contribution in [2.75, 3.05) is 5.32 Å². The van der Waals surface area contributed by atoms with Gasteiger partial charge in [-0.1, -0.05) is 0 Å². The molecule has 0 saturated carbocycles. The summed E-state index contributed by atoms with van der Waals surface area (Å²) in [6.45, 7) is 1.80. The van der Waals surface area contributed by atoms with Gasteiger partial charge in [0.25, 0.3) is 0 Å². The molecule has 1 unspecified atom stereocenters. The number of nitrogens with two attached hydrogens (primary N) is 1. The van der Waals surface area contributed by atoms with E-state index >= 15 is 0 Å². The largest absolute Gasteiger partial charge is 0.459 e. The maximum Gasteiger partial charge on any atom is 0.332 e. The van der Waals surface area contributed by atoms with Crippen molar-refractivity contribution >= 4 is 21.7 Å². The Morgan fingerprint density at radius 1 is 1.32 bits per heavy atom. The van der Waals surface area contributed by atoms with Crippen LogP contribution in [-0.4, -0.2) is 20.5 Å². The minimum atomic E-state index is -3.69. The van der Waals surface area contributed by atoms with Gasteiger partial charge in [0.1, 0.15) is 6.10 Å². The van der Waals surface area contributed by atoms with Gasteiger partial charge in [0.05, 0.1) is 4.90 Å². The van der Waals surface area contributed by atoms with Crippen LogP contribution in [0.25, 0.3) is 0 Å². The molecule has 0 fully saturated rings. The van der Waals surface area contributed by atoms with Gasteiger partial charge in [-0.25, -0.2) is 18.4 Å². The highest BCUT2D eigenvalue weighted by Gasteiger charge is 2.17. The van der Waals surface area contributed by atoms with E-state index in [4.69, 9.17) is 9.88 Å². The lowest BCUT2D eigenvalue weighted by Crippen LogP contribution is -2.22. The minimum Gasteiger partial charge on any atom is -0.459 e. The molecule has 1 aromatic carbocycles. The third-order valence-corrected chi connectivity index (χ3v) is 3.53. The lowest BCUT2D eigenvalue weighted by Gasteiger charge is -2.20. The highest BCUT2D eigenvalue weighted by Crippen LogP contribution is 2.19. The molecule has 1 aliphatic rings. The summed E-state index contributed by atoms with van der Waals surface area (Å²) < 4.78 is 27.2. The summed E-state index contributed by atoms with van der Waals surface area (Å²) >= 11 is 0. The van der Waals surface area contributed by atoms with Crippen molar-refractivity contribution in [1.29, 1.82) is 0 Å². The molecule has 1 heterocycles. The molecule has 0 saturated heterocycles. The van der Waals surface area contributed by atoms with Gasteiger partial charge in [-0.2, -0.15) is 0 Å². The van der Waals surface area contributed by atoms with Crippen molar-refractivity contribution in [2.24, 2.45) is 5.14 Å². The van der Waals surface area contributed by atoms with E-state index in [-0.39, 0.29) is 17.0 Å². The Labute approximate surface area is 111 Å². The molecule has 0 spiro atoms. The van der Waals surface area contributed by atoms with Crippen LogP contribution in [0.3, 0.4) is 0 Å². The second kappa shape index (κ2) is 5.02. The Balaban J connectivity index is 2.14. The zero-order chi connectivity index (χ0) is 14.0. The Morgan fingerprint density at radius 2 is 1.95 bits per heavy atom. The van der Waals surface area contributed by atoms with E-state index in [0.717, 1.165) is 5.70 Å². The predicted molar refractivity (Wildman–Crippen MR) is 69.7 cm³/mol. The number of cyclic esters (lactones) is 1. The number of primary sulfonamides is 1. The van der Waals surface area contributed by atoms with Crippen molar-refractivity contribution in [3.8, 4) is 0 Å². The first-order valence-corrected chi connectivity index (χ1v) is 7.20. The van der Waals surface area contributed by atoms with Crippen molar-refractivity contribution in [3.63, 3.8) is 0 Å². The second-order valence-corrected chi connectivity index (χ2v) is 5.88. The van der Waals surface area contributed by atoms with Crippen molar-refractivity contribution in [3.05, 3.63) is 36.0 Å². The van der Waals surface area contributed by atoms with E-state index < -0.39 is 10.0 Å². The summed E-state index contributed by atoms with van der Waals surface area (Å²) in [5, 5.41) is 8.05. The first-order valence-electron chi connectivity index (χ1n) is 5.65. The predicted octanol–water partition coefficient (Wildman–Crippen LogP) is 0.965. The number of carbonyl (C=O) groups is 1. The number of hydrogen-bond acceptors (Lipinski definition) is 5. The monoisotopic (exact) mass is 282 g/mol. The van der Waals surface area contributed by atoms with Gasteiger partial charge in [-0.3, -0.25) is 0 Å². The number of benzene rings is 1. The van der Waals surface area contributed by atoms with Crippen LogP contribution in [0.4, 0.5) is 5.69 Å². The van der Waals surface area contributed by atoms with E-state index in [1.54, 1.807) is 19.1 Å². The zero-order valence-corrected chi connectivity index (χ0v) is 11.1. The maximum atomic E-state index is 11.2. The molecular weight excluding hydrogens is 268 g/mol. The Morgan fingerprint density at radius 3 is 2.47 bits per heavy atom. The third kappa shape index (κ3) is 3.55. The summed E-state index contributed by atoms with van der Waals surface area (Å²) in [6, 6.07) is 5.99. The fraction of sp³-hybridized carbons (Fsp3) is 0.250. The molecular formula is C12H14N2O4S. The number of nitrogens with one attached hydrogen (secondary N) is 1. The Bertz CT molecular complexity index is 620. The smallest absolute Gasteiger partial charge is 0.332 e. The first-order chi connectivity index (χ1) is 8.84. The molecule has 7 heteroatoms. The zero-order valence-electron chi connectivity index (χ0n) is 10.3. The molecule has 1 aromatic rings. The molecule has 0 aliphatic carbocycles. The van der Waals surface area contributed by atoms with E-state index in [2.05, 4.69) is 5.32 Å². The average Bonchev–Trinajstić information content (AvgIpc) is 2.26. The fourth-order valence-electron chi connectivity index (χ4n) is 1.79. The van der Waals surface area contributed by atoms with Gasteiger partial charge in [0.15, 0.2) is 0 Å². The van der Waals surface area contributed by atoms with E-state index in [9.17, 15) is 13.2 Å². The van der Waals surface area contributed by atoms with Gasteiger partial charge in [0, 0.05) is 23.9 Å². The minimum absolute atomic E-state index is 0.0449. The quantitative estimate of drug-likeness (QED) is 0.805. The molecule has 1 atom stereocenters. The molecule has 0 bridgehead atoms. The highest BCUT2D eigenvalue weighted by molar-refractivity contribution is 7.89. The van der Waals surface area contributed by atoms with Crippen LogP contribution in [0.1, 0.15) is 13.3 Å². The topological polar surface area (TPSA) is 98.5 Å². The van der Waals surface area contributed by atoms with Gasteiger partial charge >= 0.3 is 5.97 Å². The first kappa shape index (κ1) is 13.6. The number of sulfonamides is 1. The molecule has 0 radical (unpaired) electrons. The van der Waals surface area contributed by atoms with Crippen LogP contribution in [0.15, 0.2) is 40.9 Å². The molecule has 102 valence electrons. The number of ether oxygens (including phenoxy) is 1. The van der Waals surface area contributed by atoms with Crippen LogP contribution in [0.2, 0.25) is 0 Å². The standard InChI is InChI=1S/C12H14N2O4S/c1-8-6-10(7-12(15)18-8)14-9-2-4-11(5-3-9)19(13,16)17/h2-5,7-8,14H,6H2,1H3,(H2,13,16,17). The average molecular weight is 282 g/mol. The van der Waals surface area contributed by atoms with Crippen molar-refractivity contribution in [2.45, 2.75) is 24.3 Å². The summed E-state index contributed by atoms with van der Waals surface area (Å²) in [6.07, 6.45) is 1.79. The molecule has 0 aromatic heterocycles. The van der Waals surface area contributed by atoms with Crippen LogP contribution in [0.5, 0.6) is 0 Å². The summed E-state index contributed by atoms with van der Waals surface area (Å²) in [4.78, 5) is 11.3. The van der Waals surface area contributed by atoms with Gasteiger partial charge in [-0.05, 0) is 31.2 Å². The normalized spacial score (nSPS) is 19.6. The highest BCUT2D eigenvalue weighted by atomic mass is 32.2. The fourth-order valence-corrected chi connectivity index (χ4v) is 2.30. The second-order valence-electron chi connectivity index (χ2n) is 4.32. The lowest BCUT2D eigenvalue weighted by molar-refractivity contribution is -0.143. The number of esters is 1. The Hall–Kier alpha value is -1.86. The third-order valence-electron chi connectivity index (χ3n) is 2.60. The molecule has 0 amide bonds. The summed E-state index contributed by atoms with van der Waals surface area (Å²) in [7, 11) is -3.69. The lowest BCUT2D eigenvalue weighted by atomic mass is 10.1. The van der Waals surface area contributed by atoms with Gasteiger partial charge < -0.3 is 10.1 Å². The van der Waals surface area contributed by atoms with E-state index in [1.807, 2.05) is 0 Å².